The van der Waals surface area contributed by atoms with Gasteiger partial charge in [-0.05, 0) is 37.9 Å². The van der Waals surface area contributed by atoms with Gasteiger partial charge in [-0.25, -0.2) is 4.99 Å². The van der Waals surface area contributed by atoms with Gasteiger partial charge < -0.3 is 20.3 Å². The highest BCUT2D eigenvalue weighted by molar-refractivity contribution is 5.79. The molecular formula is C23H41N5O. The molecule has 6 heteroatoms. The number of ether oxygens (including phenoxy) is 1. The first kappa shape index (κ1) is 23.6. The van der Waals surface area contributed by atoms with Crippen LogP contribution in [0.2, 0.25) is 0 Å². The van der Waals surface area contributed by atoms with Crippen molar-refractivity contribution < 1.29 is 4.74 Å². The molecule has 2 N–H and O–H groups in total. The predicted molar refractivity (Wildman–Crippen MR) is 122 cm³/mol. The maximum absolute atomic E-state index is 5.61. The highest BCUT2D eigenvalue weighted by Crippen LogP contribution is 2.10. The molecule has 1 fully saturated rings. The summed E-state index contributed by atoms with van der Waals surface area (Å²) in [4.78, 5) is 9.65. The molecule has 1 aromatic carbocycles. The summed E-state index contributed by atoms with van der Waals surface area (Å²) in [5.74, 6) is 0.877. The van der Waals surface area contributed by atoms with Crippen LogP contribution < -0.4 is 10.6 Å². The Morgan fingerprint density at radius 3 is 2.34 bits per heavy atom. The highest BCUT2D eigenvalue weighted by Gasteiger charge is 2.13. The van der Waals surface area contributed by atoms with E-state index in [9.17, 15) is 0 Å². The van der Waals surface area contributed by atoms with Crippen LogP contribution in [-0.2, 0) is 17.8 Å². The SMILES string of the molecule is CCCCOCCCNC(=NCc1ccc(CN2CCN(C)CC2)cc1)NCC. The number of hydrogen-bond acceptors (Lipinski definition) is 4. The largest absolute Gasteiger partial charge is 0.381 e. The van der Waals surface area contributed by atoms with E-state index in [1.807, 2.05) is 0 Å². The number of nitrogens with one attached hydrogen (secondary N) is 2. The Bertz CT molecular complexity index is 567. The quantitative estimate of drug-likeness (QED) is 0.319. The molecule has 0 atom stereocenters. The van der Waals surface area contributed by atoms with E-state index < -0.39 is 0 Å². The Morgan fingerprint density at radius 2 is 1.66 bits per heavy atom. The maximum Gasteiger partial charge on any atom is 0.191 e. The van der Waals surface area contributed by atoms with Gasteiger partial charge in [-0.1, -0.05) is 37.6 Å². The van der Waals surface area contributed by atoms with Crippen LogP contribution in [0.1, 0.15) is 44.2 Å². The number of guanidine groups is 1. The Balaban J connectivity index is 1.72. The lowest BCUT2D eigenvalue weighted by molar-refractivity contribution is 0.129. The molecule has 29 heavy (non-hydrogen) atoms. The van der Waals surface area contributed by atoms with Gasteiger partial charge in [0, 0.05) is 59.0 Å². The fraction of sp³-hybridized carbons (Fsp3) is 0.696. The van der Waals surface area contributed by atoms with E-state index in [1.54, 1.807) is 0 Å². The van der Waals surface area contributed by atoms with Crippen molar-refractivity contribution in [1.82, 2.24) is 20.4 Å². The molecule has 1 aromatic rings. The molecule has 1 saturated heterocycles. The van der Waals surface area contributed by atoms with E-state index in [0.717, 1.165) is 77.8 Å². The molecule has 0 bridgehead atoms. The molecular weight excluding hydrogens is 362 g/mol. The summed E-state index contributed by atoms with van der Waals surface area (Å²) in [5, 5.41) is 6.72. The summed E-state index contributed by atoms with van der Waals surface area (Å²) in [6.07, 6.45) is 3.33. The lowest BCUT2D eigenvalue weighted by Gasteiger charge is -2.32. The van der Waals surface area contributed by atoms with Gasteiger partial charge in [-0.2, -0.15) is 0 Å². The Kier molecular flexibility index (Phi) is 11.7. The molecule has 0 amide bonds. The standard InChI is InChI=1S/C23H41N5O/c1-4-6-17-29-18-7-12-25-23(24-5-2)26-19-21-8-10-22(11-9-21)20-28-15-13-27(3)14-16-28/h8-11H,4-7,12-20H2,1-3H3,(H2,24,25,26). The van der Waals surface area contributed by atoms with Crippen LogP contribution in [0.5, 0.6) is 0 Å². The van der Waals surface area contributed by atoms with Crippen molar-refractivity contribution in [3.05, 3.63) is 35.4 Å². The summed E-state index contributed by atoms with van der Waals surface area (Å²) in [6, 6.07) is 8.91. The van der Waals surface area contributed by atoms with Crippen molar-refractivity contribution in [3.8, 4) is 0 Å². The van der Waals surface area contributed by atoms with Crippen molar-refractivity contribution in [2.45, 2.75) is 46.2 Å². The first-order valence-electron chi connectivity index (χ1n) is 11.3. The number of unbranched alkanes of at least 4 members (excludes halogenated alkanes) is 1. The van der Waals surface area contributed by atoms with E-state index in [1.165, 1.54) is 17.5 Å². The van der Waals surface area contributed by atoms with E-state index >= 15 is 0 Å². The second kappa shape index (κ2) is 14.4. The van der Waals surface area contributed by atoms with Crippen LogP contribution >= 0.6 is 0 Å². The molecule has 0 spiro atoms. The minimum Gasteiger partial charge on any atom is -0.381 e. The molecule has 6 nitrogen and oxygen atoms in total. The summed E-state index contributed by atoms with van der Waals surface area (Å²) in [5.41, 5.74) is 2.63. The van der Waals surface area contributed by atoms with Gasteiger partial charge in [0.15, 0.2) is 5.96 Å². The second-order valence-corrected chi connectivity index (χ2v) is 7.84. The molecule has 2 rings (SSSR count). The lowest BCUT2D eigenvalue weighted by Crippen LogP contribution is -2.43. The number of rotatable bonds is 12. The van der Waals surface area contributed by atoms with Gasteiger partial charge in [-0.15, -0.1) is 0 Å². The number of hydrogen-bond donors (Lipinski definition) is 2. The molecule has 0 saturated carbocycles. The topological polar surface area (TPSA) is 52.1 Å². The maximum atomic E-state index is 5.61. The zero-order valence-corrected chi connectivity index (χ0v) is 18.8. The van der Waals surface area contributed by atoms with E-state index in [0.29, 0.717) is 6.54 Å². The van der Waals surface area contributed by atoms with Crippen molar-refractivity contribution in [3.63, 3.8) is 0 Å². The normalized spacial score (nSPS) is 16.2. The van der Waals surface area contributed by atoms with Crippen LogP contribution in [0.25, 0.3) is 0 Å². The first-order valence-corrected chi connectivity index (χ1v) is 11.3. The third kappa shape index (κ3) is 10.1. The van der Waals surface area contributed by atoms with Gasteiger partial charge in [0.2, 0.25) is 0 Å². The average molecular weight is 404 g/mol. The van der Waals surface area contributed by atoms with Crippen LogP contribution in [0, 0.1) is 0 Å². The Morgan fingerprint density at radius 1 is 0.966 bits per heavy atom. The summed E-state index contributed by atoms with van der Waals surface area (Å²) >= 11 is 0. The van der Waals surface area contributed by atoms with E-state index in [2.05, 4.69) is 65.6 Å². The Hall–Kier alpha value is -1.63. The monoisotopic (exact) mass is 403 g/mol. The molecule has 0 aliphatic carbocycles. The summed E-state index contributed by atoms with van der Waals surface area (Å²) in [7, 11) is 2.20. The number of nitrogens with zero attached hydrogens (tertiary/aromatic N) is 3. The minimum atomic E-state index is 0.692. The minimum absolute atomic E-state index is 0.692. The fourth-order valence-electron chi connectivity index (χ4n) is 3.26. The second-order valence-electron chi connectivity index (χ2n) is 7.84. The molecule has 1 aliphatic rings. The molecule has 1 heterocycles. The van der Waals surface area contributed by atoms with Crippen LogP contribution in [0.3, 0.4) is 0 Å². The predicted octanol–water partition coefficient (Wildman–Crippen LogP) is 2.70. The van der Waals surface area contributed by atoms with Crippen molar-refractivity contribution >= 4 is 5.96 Å². The third-order valence-electron chi connectivity index (χ3n) is 5.19. The summed E-state index contributed by atoms with van der Waals surface area (Å²) < 4.78 is 5.61. The Labute approximate surface area is 177 Å². The van der Waals surface area contributed by atoms with Crippen LogP contribution in [-0.4, -0.2) is 75.3 Å². The van der Waals surface area contributed by atoms with Crippen molar-refractivity contribution in [1.29, 1.82) is 0 Å². The fourth-order valence-corrected chi connectivity index (χ4v) is 3.26. The number of likely N-dealkylation sites (N-methyl/N-ethyl adjacent to an activating group) is 1. The van der Waals surface area contributed by atoms with Gasteiger partial charge >= 0.3 is 0 Å². The van der Waals surface area contributed by atoms with Gasteiger partial charge in [-0.3, -0.25) is 4.90 Å². The average Bonchev–Trinajstić information content (AvgIpc) is 2.74. The first-order chi connectivity index (χ1) is 14.2. The van der Waals surface area contributed by atoms with E-state index in [4.69, 9.17) is 9.73 Å². The number of benzene rings is 1. The third-order valence-corrected chi connectivity index (χ3v) is 5.19. The van der Waals surface area contributed by atoms with Crippen molar-refractivity contribution in [2.24, 2.45) is 4.99 Å². The zero-order valence-electron chi connectivity index (χ0n) is 18.8. The van der Waals surface area contributed by atoms with Crippen LogP contribution in [0.15, 0.2) is 29.3 Å². The van der Waals surface area contributed by atoms with Gasteiger partial charge in [0.05, 0.1) is 6.54 Å². The smallest absolute Gasteiger partial charge is 0.191 e. The zero-order chi connectivity index (χ0) is 20.7. The van der Waals surface area contributed by atoms with Crippen LogP contribution in [0.4, 0.5) is 0 Å². The highest BCUT2D eigenvalue weighted by atomic mass is 16.5. The van der Waals surface area contributed by atoms with Gasteiger partial charge in [0.25, 0.3) is 0 Å². The summed E-state index contributed by atoms with van der Waals surface area (Å²) in [6.45, 7) is 14.1. The van der Waals surface area contributed by atoms with E-state index in [-0.39, 0.29) is 0 Å². The molecule has 164 valence electrons. The molecule has 0 radical (unpaired) electrons. The molecule has 1 aliphatic heterocycles. The van der Waals surface area contributed by atoms with Crippen molar-refractivity contribution in [2.75, 3.05) is 59.5 Å². The molecule has 0 aromatic heterocycles. The number of aliphatic imine (C=N–C) groups is 1. The number of piperazine rings is 1. The lowest BCUT2D eigenvalue weighted by atomic mass is 10.1. The van der Waals surface area contributed by atoms with Gasteiger partial charge in [0.1, 0.15) is 0 Å². The molecule has 0 unspecified atom stereocenters.